The van der Waals surface area contributed by atoms with Crippen molar-refractivity contribution in [3.05, 3.63) is 54.1 Å². The van der Waals surface area contributed by atoms with Crippen molar-refractivity contribution < 1.29 is 21.6 Å². The van der Waals surface area contributed by atoms with E-state index >= 15 is 0 Å². The van der Waals surface area contributed by atoms with Crippen LogP contribution in [-0.4, -0.2) is 30.0 Å². The second-order valence-electron chi connectivity index (χ2n) is 6.35. The predicted octanol–water partition coefficient (Wildman–Crippen LogP) is 3.46. The van der Waals surface area contributed by atoms with Crippen molar-refractivity contribution in [3.63, 3.8) is 0 Å². The van der Waals surface area contributed by atoms with Gasteiger partial charge in [0.2, 0.25) is 10.0 Å². The maximum Gasteiger partial charge on any atom is 0.417 e. The van der Waals surface area contributed by atoms with Crippen LogP contribution in [0.1, 0.15) is 11.1 Å². The highest BCUT2D eigenvalue weighted by atomic mass is 32.2. The Labute approximate surface area is 165 Å². The second kappa shape index (κ2) is 7.48. The van der Waals surface area contributed by atoms with Crippen LogP contribution in [0.3, 0.4) is 0 Å². The zero-order valence-electron chi connectivity index (χ0n) is 15.7. The highest BCUT2D eigenvalue weighted by Gasteiger charge is 2.31. The van der Waals surface area contributed by atoms with Gasteiger partial charge in [-0.25, -0.2) is 23.1 Å². The van der Waals surface area contributed by atoms with E-state index < -0.39 is 21.8 Å². The molecule has 2 aromatic heterocycles. The van der Waals surface area contributed by atoms with Crippen LogP contribution in [0.5, 0.6) is 0 Å². The van der Waals surface area contributed by atoms with Crippen molar-refractivity contribution >= 4 is 21.5 Å². The zero-order chi connectivity index (χ0) is 21.4. The van der Waals surface area contributed by atoms with Gasteiger partial charge in [0, 0.05) is 30.7 Å². The Hall–Kier alpha value is -2.92. The van der Waals surface area contributed by atoms with Crippen molar-refractivity contribution in [2.75, 3.05) is 12.4 Å². The minimum absolute atomic E-state index is 0.0308. The van der Waals surface area contributed by atoms with Crippen LogP contribution in [0.2, 0.25) is 0 Å². The lowest BCUT2D eigenvalue weighted by Gasteiger charge is -2.15. The molecule has 0 aliphatic carbocycles. The summed E-state index contributed by atoms with van der Waals surface area (Å²) in [4.78, 5) is 8.16. The summed E-state index contributed by atoms with van der Waals surface area (Å²) in [6.45, 7) is 1.50. The molecule has 0 fully saturated rings. The minimum Gasteiger partial charge on any atom is -0.340 e. The van der Waals surface area contributed by atoms with Crippen molar-refractivity contribution in [2.45, 2.75) is 18.0 Å². The lowest BCUT2D eigenvalue weighted by atomic mass is 10.1. The standard InChI is InChI=1S/C18H18F3N5O2S/c1-11-6-12(18(19,20)21)8-23-17(11)25-15-5-4-13(29(27,28)22-2)7-14(15)16-9-26(3)10-24-16/h4-10,22H,1-3H3,(H,23,25). The number of aromatic nitrogens is 3. The van der Waals surface area contributed by atoms with E-state index in [1.54, 1.807) is 24.1 Å². The second-order valence-corrected chi connectivity index (χ2v) is 8.24. The molecule has 154 valence electrons. The molecule has 0 saturated carbocycles. The number of hydrogen-bond donors (Lipinski definition) is 2. The van der Waals surface area contributed by atoms with Crippen molar-refractivity contribution in [3.8, 4) is 11.3 Å². The molecule has 0 bridgehead atoms. The van der Waals surface area contributed by atoms with E-state index in [9.17, 15) is 21.6 Å². The Morgan fingerprint density at radius 1 is 1.14 bits per heavy atom. The maximum atomic E-state index is 12.9. The summed E-state index contributed by atoms with van der Waals surface area (Å²) in [6.07, 6.45) is -0.489. The van der Waals surface area contributed by atoms with E-state index in [0.29, 0.717) is 22.5 Å². The number of nitrogens with zero attached hydrogens (tertiary/aromatic N) is 3. The van der Waals surface area contributed by atoms with E-state index in [-0.39, 0.29) is 10.7 Å². The number of benzene rings is 1. The number of alkyl halides is 3. The first-order valence-corrected chi connectivity index (χ1v) is 9.86. The SMILES string of the molecule is CNS(=O)(=O)c1ccc(Nc2ncc(C(F)(F)F)cc2C)c(-c2cn(C)cn2)c1. The Bertz CT molecular complexity index is 1160. The van der Waals surface area contributed by atoms with Gasteiger partial charge in [-0.15, -0.1) is 0 Å². The van der Waals surface area contributed by atoms with Crippen LogP contribution < -0.4 is 10.0 Å². The van der Waals surface area contributed by atoms with Crippen LogP contribution in [0, 0.1) is 6.92 Å². The first kappa shape index (κ1) is 20.8. The summed E-state index contributed by atoms with van der Waals surface area (Å²) in [6, 6.07) is 5.35. The summed E-state index contributed by atoms with van der Waals surface area (Å²) in [5.74, 6) is 0.222. The van der Waals surface area contributed by atoms with Gasteiger partial charge < -0.3 is 9.88 Å². The molecule has 0 atom stereocenters. The Morgan fingerprint density at radius 3 is 2.41 bits per heavy atom. The van der Waals surface area contributed by atoms with E-state index in [1.165, 1.54) is 32.2 Å². The molecule has 0 saturated heterocycles. The fourth-order valence-corrected chi connectivity index (χ4v) is 3.43. The van der Waals surface area contributed by atoms with Crippen LogP contribution in [0.4, 0.5) is 24.7 Å². The number of aryl methyl sites for hydroxylation is 2. The number of halogens is 3. The topological polar surface area (TPSA) is 88.9 Å². The largest absolute Gasteiger partial charge is 0.417 e. The van der Waals surface area contributed by atoms with Crippen LogP contribution in [0.15, 0.2) is 47.9 Å². The molecular weight excluding hydrogens is 407 g/mol. The first-order valence-electron chi connectivity index (χ1n) is 8.38. The fourth-order valence-electron chi connectivity index (χ4n) is 2.67. The van der Waals surface area contributed by atoms with Gasteiger partial charge in [-0.05, 0) is 43.8 Å². The smallest absolute Gasteiger partial charge is 0.340 e. The van der Waals surface area contributed by atoms with Crippen molar-refractivity contribution in [1.29, 1.82) is 0 Å². The average Bonchev–Trinajstić information content (AvgIpc) is 3.08. The van der Waals surface area contributed by atoms with Crippen molar-refractivity contribution in [1.82, 2.24) is 19.3 Å². The molecule has 3 rings (SSSR count). The van der Waals surface area contributed by atoms with E-state index in [4.69, 9.17) is 0 Å². The number of nitrogens with one attached hydrogen (secondary N) is 2. The summed E-state index contributed by atoms with van der Waals surface area (Å²) < 4.78 is 66.9. The third-order valence-corrected chi connectivity index (χ3v) is 5.62. The lowest BCUT2D eigenvalue weighted by molar-refractivity contribution is -0.137. The van der Waals surface area contributed by atoms with Gasteiger partial charge in [-0.3, -0.25) is 0 Å². The maximum absolute atomic E-state index is 12.9. The van der Waals surface area contributed by atoms with Crippen LogP contribution >= 0.6 is 0 Å². The van der Waals surface area contributed by atoms with Gasteiger partial charge in [0.05, 0.1) is 22.5 Å². The third kappa shape index (κ3) is 4.40. The molecule has 0 amide bonds. The first-order chi connectivity index (χ1) is 13.5. The molecule has 0 radical (unpaired) electrons. The molecule has 2 heterocycles. The molecule has 29 heavy (non-hydrogen) atoms. The Morgan fingerprint density at radius 2 is 1.86 bits per heavy atom. The molecule has 0 unspecified atom stereocenters. The Balaban J connectivity index is 2.08. The van der Waals surface area contributed by atoms with Crippen LogP contribution in [-0.2, 0) is 23.2 Å². The highest BCUT2D eigenvalue weighted by molar-refractivity contribution is 7.89. The predicted molar refractivity (Wildman–Crippen MR) is 102 cm³/mol. The summed E-state index contributed by atoms with van der Waals surface area (Å²) in [7, 11) is -0.628. The molecule has 2 N–H and O–H groups in total. The molecule has 11 heteroatoms. The molecule has 0 aliphatic rings. The number of anilines is 2. The van der Waals surface area contributed by atoms with Gasteiger partial charge in [0.15, 0.2) is 0 Å². The number of hydrogen-bond acceptors (Lipinski definition) is 5. The number of sulfonamides is 1. The lowest BCUT2D eigenvalue weighted by Crippen LogP contribution is -2.18. The fraction of sp³-hybridized carbons (Fsp3) is 0.222. The molecule has 3 aromatic rings. The van der Waals surface area contributed by atoms with E-state index in [1.807, 2.05) is 0 Å². The Kier molecular flexibility index (Phi) is 5.37. The van der Waals surface area contributed by atoms with Crippen molar-refractivity contribution in [2.24, 2.45) is 7.05 Å². The van der Waals surface area contributed by atoms with Gasteiger partial charge >= 0.3 is 6.18 Å². The molecule has 7 nitrogen and oxygen atoms in total. The van der Waals surface area contributed by atoms with Gasteiger partial charge in [-0.1, -0.05) is 0 Å². The summed E-state index contributed by atoms with van der Waals surface area (Å²) in [5, 5.41) is 2.98. The summed E-state index contributed by atoms with van der Waals surface area (Å²) >= 11 is 0. The third-order valence-electron chi connectivity index (χ3n) is 4.21. The number of imidazole rings is 1. The molecule has 0 spiro atoms. The normalized spacial score (nSPS) is 12.2. The number of rotatable bonds is 5. The van der Waals surface area contributed by atoms with Gasteiger partial charge in [0.1, 0.15) is 5.82 Å². The highest BCUT2D eigenvalue weighted by Crippen LogP contribution is 2.34. The monoisotopic (exact) mass is 425 g/mol. The van der Waals surface area contributed by atoms with Gasteiger partial charge in [0.25, 0.3) is 0 Å². The molecule has 1 aromatic carbocycles. The minimum atomic E-state index is -4.49. The molecular formula is C18H18F3N5O2S. The van der Waals surface area contributed by atoms with E-state index in [0.717, 1.165) is 12.3 Å². The van der Waals surface area contributed by atoms with E-state index in [2.05, 4.69) is 20.0 Å². The summed E-state index contributed by atoms with van der Waals surface area (Å²) in [5.41, 5.74) is 0.851. The van der Waals surface area contributed by atoms with Gasteiger partial charge in [-0.2, -0.15) is 13.2 Å². The molecule has 0 aliphatic heterocycles. The number of pyridine rings is 1. The average molecular weight is 425 g/mol. The quantitative estimate of drug-likeness (QED) is 0.654. The van der Waals surface area contributed by atoms with Crippen LogP contribution in [0.25, 0.3) is 11.3 Å². The zero-order valence-corrected chi connectivity index (χ0v) is 16.6.